The molecule has 1 amide bonds. The highest BCUT2D eigenvalue weighted by atomic mass is 32.1. The number of aliphatic hydroxyl groups is 2. The predicted octanol–water partition coefficient (Wildman–Crippen LogP) is 4.45. The van der Waals surface area contributed by atoms with Crippen molar-refractivity contribution >= 4 is 29.1 Å². The van der Waals surface area contributed by atoms with Crippen molar-refractivity contribution in [3.8, 4) is 0 Å². The van der Waals surface area contributed by atoms with Crippen LogP contribution in [0.3, 0.4) is 0 Å². The quantitative estimate of drug-likeness (QED) is 0.548. The number of aryl methyl sites for hydroxylation is 1. The van der Waals surface area contributed by atoms with Gasteiger partial charge in [-0.2, -0.15) is 0 Å². The van der Waals surface area contributed by atoms with Crippen molar-refractivity contribution in [2.24, 2.45) is 17.3 Å². The lowest BCUT2D eigenvalue weighted by atomic mass is 9.73. The van der Waals surface area contributed by atoms with Crippen molar-refractivity contribution in [3.63, 3.8) is 0 Å². The van der Waals surface area contributed by atoms with E-state index in [1.54, 1.807) is 32.1 Å². The molecule has 3 N–H and O–H groups in total. The molecule has 0 fully saturated rings. The third-order valence-corrected chi connectivity index (χ3v) is 7.61. The Labute approximate surface area is 202 Å². The summed E-state index contributed by atoms with van der Waals surface area (Å²) in [5, 5.41) is 27.5. The van der Waals surface area contributed by atoms with Crippen molar-refractivity contribution in [3.05, 3.63) is 33.8 Å². The van der Waals surface area contributed by atoms with Gasteiger partial charge in [-0.3, -0.25) is 9.59 Å². The Morgan fingerprint density at radius 1 is 1.24 bits per heavy atom. The zero-order valence-electron chi connectivity index (χ0n) is 20.8. The standard InChI is InChI=1S/C26H40N2O4S/c1-16-11-9-7-8-10-12-21(17(2)13-20-15-33-19(4)27-20)28-23(30)14-22(29)26(5,6)25(32)18(3)24(16)31/h8,10,13,15-16,18,21-22,24,29,31H,7,9,11-12,14H2,1-6H3,(H,28,30)/t16-,18-,21-,22-,24+/m0/s1. The Bertz CT molecular complexity index is 873. The highest BCUT2D eigenvalue weighted by Gasteiger charge is 2.42. The molecule has 1 aromatic heterocycles. The number of allylic oxidation sites excluding steroid dienone is 1. The maximum absolute atomic E-state index is 13.1. The third kappa shape index (κ3) is 7.59. The first kappa shape index (κ1) is 27.4. The first-order chi connectivity index (χ1) is 15.4. The van der Waals surface area contributed by atoms with E-state index in [4.69, 9.17) is 0 Å². The highest BCUT2D eigenvalue weighted by molar-refractivity contribution is 7.09. The average molecular weight is 477 g/mol. The Balaban J connectivity index is 2.27. The molecule has 0 unspecified atom stereocenters. The largest absolute Gasteiger partial charge is 0.392 e. The second kappa shape index (κ2) is 12.0. The van der Waals surface area contributed by atoms with E-state index in [2.05, 4.69) is 22.5 Å². The number of Topliss-reactive ketones (excluding diaryl/α,β-unsaturated/α-hetero) is 1. The number of aromatic nitrogens is 1. The molecular weight excluding hydrogens is 436 g/mol. The van der Waals surface area contributed by atoms with E-state index in [1.807, 2.05) is 32.2 Å². The summed E-state index contributed by atoms with van der Waals surface area (Å²) in [6, 6.07) is -0.227. The van der Waals surface area contributed by atoms with Crippen molar-refractivity contribution < 1.29 is 19.8 Å². The number of hydrogen-bond donors (Lipinski definition) is 3. The number of nitrogens with one attached hydrogen (secondary N) is 1. The number of aliphatic hydroxyl groups excluding tert-OH is 2. The molecule has 7 heteroatoms. The van der Waals surface area contributed by atoms with Gasteiger partial charge in [0.25, 0.3) is 0 Å². The number of carbonyl (C=O) groups excluding carboxylic acids is 2. The molecular formula is C26H40N2O4S. The second-order valence-corrected chi connectivity index (χ2v) is 11.1. The van der Waals surface area contributed by atoms with E-state index < -0.39 is 23.5 Å². The molecule has 5 atom stereocenters. The van der Waals surface area contributed by atoms with Crippen LogP contribution >= 0.6 is 11.3 Å². The number of carbonyl (C=O) groups is 2. The van der Waals surface area contributed by atoms with Crippen LogP contribution < -0.4 is 5.32 Å². The Kier molecular flexibility index (Phi) is 10.0. The van der Waals surface area contributed by atoms with Gasteiger partial charge in [-0.1, -0.05) is 39.8 Å². The zero-order chi connectivity index (χ0) is 24.8. The first-order valence-electron chi connectivity index (χ1n) is 11.9. The van der Waals surface area contributed by atoms with Gasteiger partial charge in [-0.25, -0.2) is 4.98 Å². The summed E-state index contributed by atoms with van der Waals surface area (Å²) >= 11 is 1.58. The summed E-state index contributed by atoms with van der Waals surface area (Å²) in [5.74, 6) is -1.17. The lowest BCUT2D eigenvalue weighted by Crippen LogP contribution is -2.47. The molecule has 0 saturated heterocycles. The average Bonchev–Trinajstić information content (AvgIpc) is 3.16. The van der Waals surface area contributed by atoms with Crippen LogP contribution in [0.5, 0.6) is 0 Å². The zero-order valence-corrected chi connectivity index (χ0v) is 21.6. The molecule has 1 aliphatic rings. The summed E-state index contributed by atoms with van der Waals surface area (Å²) in [4.78, 5) is 30.5. The van der Waals surface area contributed by atoms with Gasteiger partial charge >= 0.3 is 0 Å². The highest BCUT2D eigenvalue weighted by Crippen LogP contribution is 2.31. The number of rotatable bonds is 2. The molecule has 33 heavy (non-hydrogen) atoms. The van der Waals surface area contributed by atoms with Crippen LogP contribution in [0, 0.1) is 24.2 Å². The fourth-order valence-corrected chi connectivity index (χ4v) is 4.87. The van der Waals surface area contributed by atoms with Crippen LogP contribution in [0.4, 0.5) is 0 Å². The van der Waals surface area contributed by atoms with E-state index in [-0.39, 0.29) is 30.1 Å². The number of hydrogen-bond acceptors (Lipinski definition) is 6. The normalized spacial score (nSPS) is 30.8. The summed E-state index contributed by atoms with van der Waals surface area (Å²) in [6.45, 7) is 10.9. The SMILES string of the molecule is CC(=Cc1csc(C)n1)[C@@H]1CC=CCCC[C@H](C)[C@@H](O)[C@H](C)C(=O)C(C)(C)[C@@H](O)CC(=O)N1. The number of thiazole rings is 1. The third-order valence-electron chi connectivity index (χ3n) is 6.82. The summed E-state index contributed by atoms with van der Waals surface area (Å²) in [6.07, 6.45) is 7.29. The van der Waals surface area contributed by atoms with Gasteiger partial charge in [-0.05, 0) is 57.1 Å². The van der Waals surface area contributed by atoms with E-state index in [0.29, 0.717) is 6.42 Å². The van der Waals surface area contributed by atoms with Crippen molar-refractivity contribution in [1.29, 1.82) is 0 Å². The number of amides is 1. The molecule has 0 bridgehead atoms. The Morgan fingerprint density at radius 3 is 2.58 bits per heavy atom. The predicted molar refractivity (Wildman–Crippen MR) is 134 cm³/mol. The van der Waals surface area contributed by atoms with Crippen LogP contribution in [0.15, 0.2) is 23.1 Å². The molecule has 0 aliphatic carbocycles. The van der Waals surface area contributed by atoms with Crippen LogP contribution in [-0.4, -0.2) is 45.1 Å². The topological polar surface area (TPSA) is 99.5 Å². The lowest BCUT2D eigenvalue weighted by molar-refractivity contribution is -0.143. The molecule has 1 aromatic rings. The minimum absolute atomic E-state index is 0.0269. The minimum atomic E-state index is -1.15. The second-order valence-electron chi connectivity index (χ2n) is 10.0. The van der Waals surface area contributed by atoms with Gasteiger partial charge in [-0.15, -0.1) is 11.3 Å². The van der Waals surface area contributed by atoms with Gasteiger partial charge in [0.05, 0.1) is 40.8 Å². The van der Waals surface area contributed by atoms with Gasteiger partial charge in [0.15, 0.2) is 0 Å². The monoisotopic (exact) mass is 476 g/mol. The van der Waals surface area contributed by atoms with Crippen LogP contribution in [-0.2, 0) is 9.59 Å². The summed E-state index contributed by atoms with van der Waals surface area (Å²) in [7, 11) is 0. The molecule has 2 rings (SSSR count). The molecule has 0 radical (unpaired) electrons. The minimum Gasteiger partial charge on any atom is -0.392 e. The first-order valence-corrected chi connectivity index (χ1v) is 12.8. The van der Waals surface area contributed by atoms with Crippen molar-refractivity contribution in [2.45, 2.75) is 91.9 Å². The fourth-order valence-electron chi connectivity index (χ4n) is 4.30. The van der Waals surface area contributed by atoms with E-state index in [9.17, 15) is 19.8 Å². The maximum atomic E-state index is 13.1. The van der Waals surface area contributed by atoms with Crippen LogP contribution in [0.2, 0.25) is 0 Å². The van der Waals surface area contributed by atoms with Gasteiger partial charge < -0.3 is 15.5 Å². The van der Waals surface area contributed by atoms with Crippen molar-refractivity contribution in [1.82, 2.24) is 10.3 Å². The molecule has 0 aromatic carbocycles. The molecule has 0 spiro atoms. The molecule has 6 nitrogen and oxygen atoms in total. The van der Waals surface area contributed by atoms with Gasteiger partial charge in [0.2, 0.25) is 5.91 Å². The van der Waals surface area contributed by atoms with Crippen LogP contribution in [0.25, 0.3) is 6.08 Å². The Morgan fingerprint density at radius 2 is 1.94 bits per heavy atom. The van der Waals surface area contributed by atoms with E-state index in [1.165, 1.54) is 0 Å². The fraction of sp³-hybridized carbons (Fsp3) is 0.654. The van der Waals surface area contributed by atoms with Gasteiger partial charge in [0.1, 0.15) is 5.78 Å². The summed E-state index contributed by atoms with van der Waals surface area (Å²) < 4.78 is 0. The number of nitrogens with zero attached hydrogens (tertiary/aromatic N) is 1. The molecule has 1 aliphatic heterocycles. The molecule has 184 valence electrons. The lowest BCUT2D eigenvalue weighted by Gasteiger charge is -2.34. The van der Waals surface area contributed by atoms with Crippen LogP contribution in [0.1, 0.15) is 77.4 Å². The smallest absolute Gasteiger partial charge is 0.223 e. The summed E-state index contributed by atoms with van der Waals surface area (Å²) in [5.41, 5.74) is 0.704. The van der Waals surface area contributed by atoms with E-state index in [0.717, 1.165) is 35.5 Å². The van der Waals surface area contributed by atoms with Crippen molar-refractivity contribution in [2.75, 3.05) is 0 Å². The Hall–Kier alpha value is -1.83. The van der Waals surface area contributed by atoms with Gasteiger partial charge in [0, 0.05) is 11.3 Å². The number of ketones is 1. The van der Waals surface area contributed by atoms with E-state index >= 15 is 0 Å². The maximum Gasteiger partial charge on any atom is 0.223 e. The molecule has 0 saturated carbocycles. The molecule has 2 heterocycles.